The van der Waals surface area contributed by atoms with Crippen LogP contribution in [0.15, 0.2) is 71.1 Å². The number of nitrogens with one attached hydrogen (secondary N) is 1. The summed E-state index contributed by atoms with van der Waals surface area (Å²) < 4.78 is 5.20. The molecule has 5 rings (SSSR count). The Balaban J connectivity index is 1.16. The number of carbonyl (C=O) groups excluding carboxylic acids is 1. The van der Waals surface area contributed by atoms with Gasteiger partial charge in [0.25, 0.3) is 0 Å². The van der Waals surface area contributed by atoms with Crippen LogP contribution < -0.4 is 10.1 Å². The van der Waals surface area contributed by atoms with Gasteiger partial charge in [-0.05, 0) is 66.6 Å². The van der Waals surface area contributed by atoms with Gasteiger partial charge in [0.2, 0.25) is 5.91 Å². The van der Waals surface area contributed by atoms with Gasteiger partial charge in [-0.15, -0.1) is 23.1 Å². The Bertz CT molecular complexity index is 1430. The number of benzene rings is 2. The van der Waals surface area contributed by atoms with Crippen molar-refractivity contribution < 1.29 is 9.53 Å². The summed E-state index contributed by atoms with van der Waals surface area (Å²) in [4.78, 5) is 21.9. The van der Waals surface area contributed by atoms with E-state index in [-0.39, 0.29) is 5.91 Å². The molecule has 0 saturated heterocycles. The SMILES string of the molecule is COc1ccc(-c2csc(NC(=O)CCSc3nc4c(cc3C#N)CC(c3ccccc3)CC4)n2)cc1. The van der Waals surface area contributed by atoms with E-state index in [0.29, 0.717) is 33.8 Å². The highest BCUT2D eigenvalue weighted by molar-refractivity contribution is 7.99. The smallest absolute Gasteiger partial charge is 0.226 e. The number of pyridine rings is 1. The third-order valence-electron chi connectivity index (χ3n) is 6.45. The van der Waals surface area contributed by atoms with Gasteiger partial charge in [0, 0.05) is 28.8 Å². The lowest BCUT2D eigenvalue weighted by atomic mass is 9.82. The molecule has 37 heavy (non-hydrogen) atoms. The summed E-state index contributed by atoms with van der Waals surface area (Å²) in [5.41, 5.74) is 5.94. The third-order valence-corrected chi connectivity index (χ3v) is 8.20. The Morgan fingerprint density at radius 3 is 2.76 bits per heavy atom. The van der Waals surface area contributed by atoms with Gasteiger partial charge >= 0.3 is 0 Å². The van der Waals surface area contributed by atoms with E-state index >= 15 is 0 Å². The maximum absolute atomic E-state index is 12.5. The molecular weight excluding hydrogens is 500 g/mol. The Hall–Kier alpha value is -3.67. The molecule has 1 amide bonds. The first-order valence-corrected chi connectivity index (χ1v) is 14.0. The summed E-state index contributed by atoms with van der Waals surface area (Å²) in [5.74, 6) is 1.68. The maximum Gasteiger partial charge on any atom is 0.226 e. The zero-order valence-electron chi connectivity index (χ0n) is 20.4. The molecule has 0 spiro atoms. The molecule has 0 radical (unpaired) electrons. The molecule has 1 atom stereocenters. The third kappa shape index (κ3) is 6.01. The van der Waals surface area contributed by atoms with Crippen LogP contribution in [-0.4, -0.2) is 28.7 Å². The van der Waals surface area contributed by atoms with Crippen LogP contribution in [0.2, 0.25) is 0 Å². The fraction of sp³-hybridized carbons (Fsp3) is 0.241. The number of hydrogen-bond donors (Lipinski definition) is 1. The van der Waals surface area contributed by atoms with E-state index in [4.69, 9.17) is 9.72 Å². The Labute approximate surface area is 224 Å². The van der Waals surface area contributed by atoms with Crippen molar-refractivity contribution in [2.45, 2.75) is 36.6 Å². The van der Waals surface area contributed by atoms with Crippen molar-refractivity contribution in [3.8, 4) is 23.1 Å². The molecule has 4 aromatic rings. The minimum atomic E-state index is -0.106. The molecule has 6 nitrogen and oxygen atoms in total. The summed E-state index contributed by atoms with van der Waals surface area (Å²) in [5, 5.41) is 15.8. The van der Waals surface area contributed by atoms with E-state index in [2.05, 4.69) is 40.6 Å². The molecule has 8 heteroatoms. The van der Waals surface area contributed by atoms with E-state index in [1.165, 1.54) is 28.7 Å². The first-order valence-electron chi connectivity index (χ1n) is 12.1. The zero-order valence-corrected chi connectivity index (χ0v) is 22.1. The second-order valence-corrected chi connectivity index (χ2v) is 10.8. The number of carbonyl (C=O) groups is 1. The van der Waals surface area contributed by atoms with Gasteiger partial charge in [0.05, 0.1) is 18.4 Å². The van der Waals surface area contributed by atoms with Crippen LogP contribution in [0.5, 0.6) is 5.75 Å². The van der Waals surface area contributed by atoms with Crippen molar-refractivity contribution in [1.29, 1.82) is 5.26 Å². The molecule has 1 aliphatic rings. The second kappa shape index (κ2) is 11.6. The first kappa shape index (κ1) is 25.0. The van der Waals surface area contributed by atoms with Gasteiger partial charge in [-0.1, -0.05) is 30.3 Å². The lowest BCUT2D eigenvalue weighted by Gasteiger charge is -2.25. The monoisotopic (exact) mass is 526 g/mol. The molecular formula is C29H26N4O2S2. The van der Waals surface area contributed by atoms with E-state index < -0.39 is 0 Å². The molecule has 0 fully saturated rings. The van der Waals surface area contributed by atoms with E-state index in [9.17, 15) is 10.1 Å². The molecule has 0 saturated carbocycles. The minimum absolute atomic E-state index is 0.106. The number of thiazole rings is 1. The molecule has 2 heterocycles. The van der Waals surface area contributed by atoms with Gasteiger partial charge < -0.3 is 10.1 Å². The van der Waals surface area contributed by atoms with Crippen molar-refractivity contribution in [2.24, 2.45) is 0 Å². The molecule has 0 aliphatic heterocycles. The highest BCUT2D eigenvalue weighted by atomic mass is 32.2. The molecule has 2 aromatic carbocycles. The predicted octanol–water partition coefficient (Wildman–Crippen LogP) is 6.48. The number of rotatable bonds is 8. The fourth-order valence-corrected chi connectivity index (χ4v) is 6.14. The number of amides is 1. The highest BCUT2D eigenvalue weighted by Crippen LogP contribution is 2.34. The average Bonchev–Trinajstić information content (AvgIpc) is 3.41. The van der Waals surface area contributed by atoms with Crippen LogP contribution in [0.1, 0.15) is 41.1 Å². The van der Waals surface area contributed by atoms with Crippen molar-refractivity contribution in [1.82, 2.24) is 9.97 Å². The summed E-state index contributed by atoms with van der Waals surface area (Å²) in [7, 11) is 1.63. The summed E-state index contributed by atoms with van der Waals surface area (Å²) in [6, 6.07) is 22.5. The number of anilines is 1. The van der Waals surface area contributed by atoms with Gasteiger partial charge in [0.1, 0.15) is 16.8 Å². The molecule has 2 aromatic heterocycles. The number of aryl methyl sites for hydroxylation is 1. The number of aromatic nitrogens is 2. The molecule has 186 valence electrons. The summed E-state index contributed by atoms with van der Waals surface area (Å²) in [6.07, 6.45) is 3.16. The van der Waals surface area contributed by atoms with Crippen LogP contribution in [0.4, 0.5) is 5.13 Å². The number of methoxy groups -OCH3 is 1. The van der Waals surface area contributed by atoms with Crippen LogP contribution >= 0.6 is 23.1 Å². The maximum atomic E-state index is 12.5. The molecule has 0 bridgehead atoms. The highest BCUT2D eigenvalue weighted by Gasteiger charge is 2.23. The van der Waals surface area contributed by atoms with Gasteiger partial charge in [-0.25, -0.2) is 9.97 Å². The lowest BCUT2D eigenvalue weighted by Crippen LogP contribution is -2.15. The number of nitrogens with zero attached hydrogens (tertiary/aromatic N) is 3. The van der Waals surface area contributed by atoms with E-state index in [1.54, 1.807) is 7.11 Å². The van der Waals surface area contributed by atoms with Crippen LogP contribution in [0, 0.1) is 11.3 Å². The van der Waals surface area contributed by atoms with E-state index in [1.807, 2.05) is 41.8 Å². The minimum Gasteiger partial charge on any atom is -0.497 e. The topological polar surface area (TPSA) is 87.9 Å². The van der Waals surface area contributed by atoms with Gasteiger partial charge in [0.15, 0.2) is 5.13 Å². The van der Waals surface area contributed by atoms with Crippen LogP contribution in [0.25, 0.3) is 11.3 Å². The second-order valence-electron chi connectivity index (χ2n) is 8.82. The number of nitriles is 1. The first-order chi connectivity index (χ1) is 18.1. The number of ether oxygens (including phenoxy) is 1. The largest absolute Gasteiger partial charge is 0.497 e. The predicted molar refractivity (Wildman–Crippen MR) is 148 cm³/mol. The number of thioether (sulfide) groups is 1. The Kier molecular flexibility index (Phi) is 7.83. The standard InChI is InChI=1S/C29H26N4O2S2/c1-35-24-10-7-20(8-11-24)26-18-37-29(32-26)33-27(34)13-14-36-28-23(17-30)16-22-15-21(9-12-25(22)31-28)19-5-3-2-4-6-19/h2-8,10-11,16,18,21H,9,12-15H2,1H3,(H,32,33,34). The molecule has 1 aliphatic carbocycles. The van der Waals surface area contributed by atoms with Crippen molar-refractivity contribution in [2.75, 3.05) is 18.2 Å². The van der Waals surface area contributed by atoms with Gasteiger partial charge in [-0.3, -0.25) is 4.79 Å². The summed E-state index contributed by atoms with van der Waals surface area (Å²) in [6.45, 7) is 0. The average molecular weight is 527 g/mol. The van der Waals surface area contributed by atoms with Crippen molar-refractivity contribution in [3.63, 3.8) is 0 Å². The van der Waals surface area contributed by atoms with Crippen LogP contribution in [-0.2, 0) is 17.6 Å². The van der Waals surface area contributed by atoms with Gasteiger partial charge in [-0.2, -0.15) is 5.26 Å². The number of hydrogen-bond acceptors (Lipinski definition) is 7. The zero-order chi connectivity index (χ0) is 25.6. The number of fused-ring (bicyclic) bond motifs is 1. The fourth-order valence-electron chi connectivity index (χ4n) is 4.49. The quantitative estimate of drug-likeness (QED) is 0.265. The van der Waals surface area contributed by atoms with Crippen molar-refractivity contribution >= 4 is 34.1 Å². The lowest BCUT2D eigenvalue weighted by molar-refractivity contribution is -0.115. The molecule has 1 unspecified atom stereocenters. The summed E-state index contributed by atoms with van der Waals surface area (Å²) >= 11 is 2.86. The molecule has 1 N–H and O–H groups in total. The Morgan fingerprint density at radius 2 is 2.00 bits per heavy atom. The Morgan fingerprint density at radius 1 is 1.19 bits per heavy atom. The van der Waals surface area contributed by atoms with E-state index in [0.717, 1.165) is 47.5 Å². The van der Waals surface area contributed by atoms with Crippen molar-refractivity contribution in [3.05, 3.63) is 88.4 Å². The van der Waals surface area contributed by atoms with Crippen LogP contribution in [0.3, 0.4) is 0 Å². The normalized spacial score (nSPS) is 14.4.